The van der Waals surface area contributed by atoms with Crippen molar-refractivity contribution in [3.63, 3.8) is 0 Å². The maximum absolute atomic E-state index is 11.4. The van der Waals surface area contributed by atoms with E-state index in [1.165, 1.54) is 23.7 Å². The van der Waals surface area contributed by atoms with E-state index in [0.29, 0.717) is 18.8 Å². The molecule has 0 bridgehead atoms. The molecule has 0 aliphatic carbocycles. The third-order valence-electron chi connectivity index (χ3n) is 2.00. The van der Waals surface area contributed by atoms with E-state index in [-0.39, 0.29) is 23.8 Å². The predicted octanol–water partition coefficient (Wildman–Crippen LogP) is -0.590. The summed E-state index contributed by atoms with van der Waals surface area (Å²) in [5.41, 5.74) is 5.13. The largest absolute Gasteiger partial charge is 0.366 e. The number of likely N-dealkylation sites (tertiary alicyclic amines) is 1. The summed E-state index contributed by atoms with van der Waals surface area (Å²) in [5, 5.41) is -0.228. The summed E-state index contributed by atoms with van der Waals surface area (Å²) in [7, 11) is 1.52. The Hall–Kier alpha value is -0.590. The Labute approximate surface area is 86.9 Å². The first-order chi connectivity index (χ1) is 6.66. The molecule has 1 rings (SSSR count). The summed E-state index contributed by atoms with van der Waals surface area (Å²) in [6, 6.07) is 0. The molecule has 6 heteroatoms. The Morgan fingerprint density at radius 2 is 2.36 bits per heavy atom. The Balaban J connectivity index is 2.26. The smallest absolute Gasteiger partial charge is 0.242 e. The first-order valence-corrected chi connectivity index (χ1v) is 5.41. The third-order valence-corrected chi connectivity index (χ3v) is 3.18. The first-order valence-electron chi connectivity index (χ1n) is 4.36. The van der Waals surface area contributed by atoms with Crippen molar-refractivity contribution in [2.75, 3.05) is 26.1 Å². The molecule has 1 fully saturated rings. The average molecular weight is 218 g/mol. The normalized spacial score (nSPS) is 22.1. The fourth-order valence-electron chi connectivity index (χ4n) is 1.18. The Morgan fingerprint density at radius 3 is 2.86 bits per heavy atom. The summed E-state index contributed by atoms with van der Waals surface area (Å²) >= 11 is 1.45. The number of carbonyl (C=O) groups is 2. The maximum atomic E-state index is 11.4. The Kier molecular flexibility index (Phi) is 4.37. The predicted molar refractivity (Wildman–Crippen MR) is 53.6 cm³/mol. The molecular formula is C8H14N2O3S. The Morgan fingerprint density at radius 1 is 1.64 bits per heavy atom. The zero-order valence-electron chi connectivity index (χ0n) is 8.06. The van der Waals surface area contributed by atoms with Gasteiger partial charge in [-0.2, -0.15) is 0 Å². The van der Waals surface area contributed by atoms with Crippen LogP contribution in [0.5, 0.6) is 0 Å². The molecule has 0 aromatic carbocycles. The molecule has 1 heterocycles. The minimum absolute atomic E-state index is 0.104. The van der Waals surface area contributed by atoms with Crippen molar-refractivity contribution in [1.29, 1.82) is 0 Å². The van der Waals surface area contributed by atoms with Gasteiger partial charge in [-0.05, 0) is 0 Å². The van der Waals surface area contributed by atoms with Crippen LogP contribution >= 0.6 is 11.8 Å². The van der Waals surface area contributed by atoms with E-state index in [1.807, 2.05) is 0 Å². The fraction of sp³-hybridized carbons (Fsp3) is 0.750. The topological polar surface area (TPSA) is 72.6 Å². The van der Waals surface area contributed by atoms with Crippen molar-refractivity contribution in [2.45, 2.75) is 11.7 Å². The first kappa shape index (κ1) is 11.5. The number of nitrogens with two attached hydrogens (primary N) is 1. The van der Waals surface area contributed by atoms with Crippen LogP contribution in [-0.4, -0.2) is 48.1 Å². The van der Waals surface area contributed by atoms with Crippen LogP contribution in [0.15, 0.2) is 0 Å². The summed E-state index contributed by atoms with van der Waals surface area (Å²) in [6.45, 7) is 0.709. The highest BCUT2D eigenvalue weighted by Gasteiger charge is 2.35. The number of amides is 2. The molecule has 1 atom stereocenters. The van der Waals surface area contributed by atoms with Gasteiger partial charge in [0.25, 0.3) is 0 Å². The molecule has 0 aromatic rings. The van der Waals surface area contributed by atoms with E-state index < -0.39 is 0 Å². The van der Waals surface area contributed by atoms with Crippen molar-refractivity contribution < 1.29 is 14.3 Å². The highest BCUT2D eigenvalue weighted by molar-refractivity contribution is 8.00. The highest BCUT2D eigenvalue weighted by atomic mass is 32.2. The van der Waals surface area contributed by atoms with Crippen molar-refractivity contribution in [3.8, 4) is 0 Å². The van der Waals surface area contributed by atoms with Crippen molar-refractivity contribution in [3.05, 3.63) is 0 Å². The quantitative estimate of drug-likeness (QED) is 0.379. The van der Waals surface area contributed by atoms with Gasteiger partial charge >= 0.3 is 0 Å². The number of hydrogen-bond acceptors (Lipinski definition) is 5. The monoisotopic (exact) mass is 218 g/mol. The van der Waals surface area contributed by atoms with Gasteiger partial charge in [-0.1, -0.05) is 0 Å². The summed E-state index contributed by atoms with van der Waals surface area (Å²) in [6.07, 6.45) is 0.308. The molecule has 1 saturated heterocycles. The lowest BCUT2D eigenvalue weighted by Crippen LogP contribution is -2.26. The van der Waals surface area contributed by atoms with Crippen molar-refractivity contribution >= 4 is 23.6 Å². The number of hydrogen-bond donors (Lipinski definition) is 1. The van der Waals surface area contributed by atoms with Gasteiger partial charge in [0.2, 0.25) is 11.8 Å². The number of carbonyl (C=O) groups excluding carboxylic acids is 2. The van der Waals surface area contributed by atoms with Gasteiger partial charge in [-0.25, -0.2) is 0 Å². The fourth-order valence-corrected chi connectivity index (χ4v) is 2.24. The summed E-state index contributed by atoms with van der Waals surface area (Å²) < 4.78 is 4.93. The third kappa shape index (κ3) is 2.70. The van der Waals surface area contributed by atoms with E-state index >= 15 is 0 Å². The van der Waals surface area contributed by atoms with Gasteiger partial charge in [0.15, 0.2) is 0 Å². The van der Waals surface area contributed by atoms with E-state index in [2.05, 4.69) is 0 Å². The molecular weight excluding hydrogens is 204 g/mol. The van der Waals surface area contributed by atoms with E-state index in [1.54, 1.807) is 0 Å². The van der Waals surface area contributed by atoms with Crippen LogP contribution in [0.4, 0.5) is 0 Å². The number of thioether (sulfide) groups is 1. The van der Waals surface area contributed by atoms with Crippen LogP contribution < -0.4 is 5.73 Å². The molecule has 1 aliphatic heterocycles. The van der Waals surface area contributed by atoms with E-state index in [0.717, 1.165) is 0 Å². The molecule has 2 amide bonds. The van der Waals surface area contributed by atoms with Crippen LogP contribution in [0.3, 0.4) is 0 Å². The molecule has 0 spiro atoms. The standard InChI is InChI=1S/C8H14N2O3S/c1-10-7(11)4-6(8(10)12)14-3-2-13-5-9/h6H,2-5,9H2,1H3. The van der Waals surface area contributed by atoms with E-state index in [4.69, 9.17) is 10.5 Å². The molecule has 1 unspecified atom stereocenters. The van der Waals surface area contributed by atoms with Gasteiger partial charge in [-0.3, -0.25) is 14.5 Å². The summed E-state index contributed by atoms with van der Waals surface area (Å²) in [5.74, 6) is 0.481. The van der Waals surface area contributed by atoms with Crippen LogP contribution in [0.25, 0.3) is 0 Å². The molecule has 80 valence electrons. The van der Waals surface area contributed by atoms with Crippen LogP contribution in [0.2, 0.25) is 0 Å². The van der Waals surface area contributed by atoms with Crippen LogP contribution in [0.1, 0.15) is 6.42 Å². The van der Waals surface area contributed by atoms with Crippen LogP contribution in [-0.2, 0) is 14.3 Å². The lowest BCUT2D eigenvalue weighted by Gasteiger charge is -2.08. The Bertz CT molecular complexity index is 235. The second-order valence-corrected chi connectivity index (χ2v) is 4.24. The second-order valence-electron chi connectivity index (χ2n) is 2.93. The van der Waals surface area contributed by atoms with Crippen LogP contribution in [0, 0.1) is 0 Å². The number of rotatable bonds is 5. The molecule has 0 radical (unpaired) electrons. The lowest BCUT2D eigenvalue weighted by atomic mass is 10.4. The van der Waals surface area contributed by atoms with Crippen molar-refractivity contribution in [2.24, 2.45) is 5.73 Å². The summed E-state index contributed by atoms with van der Waals surface area (Å²) in [4.78, 5) is 23.7. The zero-order chi connectivity index (χ0) is 10.6. The van der Waals surface area contributed by atoms with Gasteiger partial charge in [-0.15, -0.1) is 11.8 Å². The average Bonchev–Trinajstić information content (AvgIpc) is 2.41. The molecule has 5 nitrogen and oxygen atoms in total. The van der Waals surface area contributed by atoms with Gasteiger partial charge in [0.05, 0.1) is 18.6 Å². The lowest BCUT2D eigenvalue weighted by molar-refractivity contribution is -0.136. The van der Waals surface area contributed by atoms with E-state index in [9.17, 15) is 9.59 Å². The molecule has 2 N–H and O–H groups in total. The molecule has 14 heavy (non-hydrogen) atoms. The maximum Gasteiger partial charge on any atom is 0.242 e. The number of ether oxygens (including phenoxy) is 1. The SMILES string of the molecule is CN1C(=O)CC(SCCOCN)C1=O. The van der Waals surface area contributed by atoms with Crippen molar-refractivity contribution in [1.82, 2.24) is 4.90 Å². The highest BCUT2D eigenvalue weighted by Crippen LogP contribution is 2.23. The number of nitrogens with zero attached hydrogens (tertiary/aromatic N) is 1. The zero-order valence-corrected chi connectivity index (χ0v) is 8.88. The van der Waals surface area contributed by atoms with Gasteiger partial charge in [0, 0.05) is 19.2 Å². The minimum Gasteiger partial charge on any atom is -0.366 e. The van der Waals surface area contributed by atoms with Gasteiger partial charge < -0.3 is 10.5 Å². The molecule has 0 saturated carbocycles. The molecule has 0 aromatic heterocycles. The minimum atomic E-state index is -0.228. The molecule has 1 aliphatic rings. The van der Waals surface area contributed by atoms with Gasteiger partial charge in [0.1, 0.15) is 0 Å². The number of imide groups is 1. The second kappa shape index (κ2) is 5.33.